The van der Waals surface area contributed by atoms with Gasteiger partial charge in [0.15, 0.2) is 0 Å². The van der Waals surface area contributed by atoms with Gasteiger partial charge in [0.25, 0.3) is 5.91 Å². The summed E-state index contributed by atoms with van der Waals surface area (Å²) >= 11 is 5.42. The summed E-state index contributed by atoms with van der Waals surface area (Å²) in [6.45, 7) is 7.89. The number of alkyl halides is 1. The zero-order valence-electron chi connectivity index (χ0n) is 26.4. The molecule has 3 aliphatic rings. The van der Waals surface area contributed by atoms with Gasteiger partial charge in [0.1, 0.15) is 6.04 Å². The van der Waals surface area contributed by atoms with Gasteiger partial charge < -0.3 is 19.6 Å². The molecule has 0 saturated carbocycles. The molecule has 2 amide bonds. The molecule has 3 heterocycles. The molecule has 1 N–H and O–H groups in total. The maximum absolute atomic E-state index is 15.1. The molecule has 7 nitrogen and oxygen atoms in total. The zero-order chi connectivity index (χ0) is 33.1. The molecule has 2 bridgehead atoms. The van der Waals surface area contributed by atoms with E-state index in [0.29, 0.717) is 24.9 Å². The van der Waals surface area contributed by atoms with Gasteiger partial charge in [-0.25, -0.2) is 0 Å². The van der Waals surface area contributed by atoms with Crippen LogP contribution in [0.1, 0.15) is 31.2 Å². The normalized spacial score (nSPS) is 26.6. The fraction of sp³-hybridized carbons (Fsp3) is 0.395. The van der Waals surface area contributed by atoms with Gasteiger partial charge in [-0.2, -0.15) is 0 Å². The predicted molar refractivity (Wildman–Crippen MR) is 192 cm³/mol. The monoisotopic (exact) mass is 716 g/mol. The van der Waals surface area contributed by atoms with Gasteiger partial charge in [0.05, 0.1) is 35.8 Å². The van der Waals surface area contributed by atoms with Crippen molar-refractivity contribution in [1.29, 1.82) is 0 Å². The molecular weight excluding hydrogens is 676 g/mol. The maximum atomic E-state index is 15.1. The molecule has 3 saturated heterocycles. The molecule has 0 radical (unpaired) electrons. The summed E-state index contributed by atoms with van der Waals surface area (Å²) in [6.07, 6.45) is 6.86. The number of allylic oxidation sites excluding steroid dienone is 1. The molecule has 246 valence electrons. The number of esters is 1. The first kappa shape index (κ1) is 33.5. The van der Waals surface area contributed by atoms with E-state index in [4.69, 9.17) is 4.74 Å². The van der Waals surface area contributed by atoms with E-state index >= 15 is 4.79 Å². The lowest BCUT2D eigenvalue weighted by molar-refractivity contribution is -0.154. The van der Waals surface area contributed by atoms with E-state index in [1.165, 1.54) is 0 Å². The van der Waals surface area contributed by atoms with Crippen LogP contribution >= 0.6 is 27.7 Å². The number of carbonyl (C=O) groups excluding carboxylic acids is 3. The van der Waals surface area contributed by atoms with Crippen LogP contribution in [-0.4, -0.2) is 74.5 Å². The Morgan fingerprint density at radius 3 is 2.53 bits per heavy atom. The van der Waals surface area contributed by atoms with Crippen molar-refractivity contribution in [1.82, 2.24) is 4.90 Å². The number of fused-ring (bicyclic) bond motifs is 2. The number of aliphatic hydroxyl groups is 1. The highest BCUT2D eigenvalue weighted by atomic mass is 79.9. The van der Waals surface area contributed by atoms with E-state index in [1.54, 1.807) is 27.6 Å². The molecule has 3 unspecified atom stereocenters. The van der Waals surface area contributed by atoms with Gasteiger partial charge in [0, 0.05) is 22.3 Å². The minimum Gasteiger partial charge on any atom is -0.465 e. The molecule has 47 heavy (non-hydrogen) atoms. The Morgan fingerprint density at radius 1 is 1.06 bits per heavy atom. The van der Waals surface area contributed by atoms with E-state index in [-0.39, 0.29) is 47.6 Å². The second-order valence-electron chi connectivity index (χ2n) is 12.7. The topological polar surface area (TPSA) is 87.2 Å². The number of nitrogens with zero attached hydrogens (tertiary/aromatic N) is 2. The van der Waals surface area contributed by atoms with Crippen molar-refractivity contribution in [3.63, 3.8) is 0 Å². The van der Waals surface area contributed by atoms with Crippen LogP contribution in [0.15, 0.2) is 98.1 Å². The van der Waals surface area contributed by atoms with Crippen molar-refractivity contribution in [3.8, 4) is 0 Å². The predicted octanol–water partition coefficient (Wildman–Crippen LogP) is 6.33. The number of hydrogen-bond donors (Lipinski definition) is 1. The van der Waals surface area contributed by atoms with Gasteiger partial charge in [-0.05, 0) is 60.6 Å². The largest absolute Gasteiger partial charge is 0.465 e. The van der Waals surface area contributed by atoms with Crippen LogP contribution in [0, 0.1) is 11.8 Å². The molecule has 1 spiro atoms. The number of halogens is 1. The van der Waals surface area contributed by atoms with Crippen LogP contribution in [0.3, 0.4) is 0 Å². The molecule has 6 rings (SSSR count). The van der Waals surface area contributed by atoms with Crippen LogP contribution in [0.4, 0.5) is 5.69 Å². The smallest absolute Gasteiger partial charge is 0.310 e. The summed E-state index contributed by atoms with van der Waals surface area (Å²) in [5.41, 5.74) is 1.65. The third kappa shape index (κ3) is 6.18. The average molecular weight is 718 g/mol. The number of anilines is 1. The van der Waals surface area contributed by atoms with Gasteiger partial charge in [0.2, 0.25) is 5.91 Å². The number of thioether (sulfide) groups is 1. The Bertz CT molecular complexity index is 1650. The maximum Gasteiger partial charge on any atom is 0.310 e. The molecular formula is C38H41BrN2O5S. The highest BCUT2D eigenvalue weighted by molar-refractivity contribution is 9.09. The number of ether oxygens (including phenoxy) is 1. The third-order valence-corrected chi connectivity index (χ3v) is 13.0. The van der Waals surface area contributed by atoms with Crippen molar-refractivity contribution in [3.05, 3.63) is 104 Å². The van der Waals surface area contributed by atoms with E-state index in [2.05, 4.69) is 29.1 Å². The minimum absolute atomic E-state index is 0.0830. The first-order valence-corrected chi connectivity index (χ1v) is 18.1. The summed E-state index contributed by atoms with van der Waals surface area (Å²) in [6, 6.07) is 22.0. The van der Waals surface area contributed by atoms with E-state index in [1.807, 2.05) is 78.9 Å². The molecule has 3 aliphatic heterocycles. The molecule has 3 aromatic carbocycles. The van der Waals surface area contributed by atoms with Crippen molar-refractivity contribution in [2.45, 2.75) is 59.0 Å². The standard InChI is InChI=1S/C38H41BrN2O5S/c1-3-5-6-12-20-46-37(45)31-32-35(43)41(29(24-42)21-25-13-8-7-9-14-25)34(38(32)23-30(39)33(31)47-38)36(44)40(19-4-2)28-18-17-26-15-10-11-16-27(26)22-28/h3-4,7-11,13-18,22,29-34,42H,1-2,5-6,12,19-21,23-24H2/t29-,30?,31-,32+,33-,34?,38?/m1/s1. The quantitative estimate of drug-likeness (QED) is 0.0909. The fourth-order valence-electron chi connectivity index (χ4n) is 7.75. The Balaban J connectivity index is 1.41. The Morgan fingerprint density at radius 2 is 1.81 bits per heavy atom. The highest BCUT2D eigenvalue weighted by Crippen LogP contribution is 2.68. The average Bonchev–Trinajstić information content (AvgIpc) is 3.69. The number of carbonyl (C=O) groups is 3. The molecule has 3 fully saturated rings. The zero-order valence-corrected chi connectivity index (χ0v) is 28.8. The SMILES string of the molecule is C=CCCCCOC(=O)[C@H]1[C@@H]2SC3(CC2Br)C(C(=O)N(CC=C)c2ccc4ccccc4c2)N([C@@H](CO)Cc2ccccc2)C(=O)[C@H]13. The van der Waals surface area contributed by atoms with Gasteiger partial charge >= 0.3 is 5.97 Å². The van der Waals surface area contributed by atoms with Crippen molar-refractivity contribution in [2.24, 2.45) is 11.8 Å². The summed E-state index contributed by atoms with van der Waals surface area (Å²) < 4.78 is 4.93. The Labute approximate surface area is 289 Å². The number of benzene rings is 3. The first-order chi connectivity index (χ1) is 22.8. The molecule has 3 aromatic rings. The summed E-state index contributed by atoms with van der Waals surface area (Å²) in [5.74, 6) is -2.34. The molecule has 7 atom stereocenters. The number of hydrogen-bond acceptors (Lipinski definition) is 6. The van der Waals surface area contributed by atoms with E-state index in [9.17, 15) is 14.7 Å². The molecule has 0 aromatic heterocycles. The van der Waals surface area contributed by atoms with Gasteiger partial charge in [-0.15, -0.1) is 24.9 Å². The van der Waals surface area contributed by atoms with Crippen LogP contribution in [0.2, 0.25) is 0 Å². The van der Waals surface area contributed by atoms with Gasteiger partial charge in [-0.1, -0.05) is 88.7 Å². The van der Waals surface area contributed by atoms with Crippen molar-refractivity contribution >= 4 is 61.9 Å². The Hall–Kier alpha value is -3.40. The second-order valence-corrected chi connectivity index (χ2v) is 15.4. The number of aliphatic hydroxyl groups excluding tert-OH is 1. The number of unbranched alkanes of at least 4 members (excludes halogenated alkanes) is 2. The lowest BCUT2D eigenvalue weighted by Gasteiger charge is -2.40. The van der Waals surface area contributed by atoms with Crippen molar-refractivity contribution < 1.29 is 24.2 Å². The van der Waals surface area contributed by atoms with Crippen LogP contribution in [0.5, 0.6) is 0 Å². The second kappa shape index (κ2) is 14.4. The lowest BCUT2D eigenvalue weighted by Crippen LogP contribution is -2.58. The number of rotatable bonds is 14. The summed E-state index contributed by atoms with van der Waals surface area (Å²) in [4.78, 5) is 46.9. The third-order valence-electron chi connectivity index (χ3n) is 9.82. The Kier molecular flexibility index (Phi) is 10.2. The van der Waals surface area contributed by atoms with Crippen LogP contribution in [-0.2, 0) is 25.5 Å². The van der Waals surface area contributed by atoms with E-state index in [0.717, 1.165) is 29.2 Å². The van der Waals surface area contributed by atoms with E-state index < -0.39 is 28.7 Å². The summed E-state index contributed by atoms with van der Waals surface area (Å²) in [5, 5.41) is 12.7. The summed E-state index contributed by atoms with van der Waals surface area (Å²) in [7, 11) is 0. The van der Waals surface area contributed by atoms with Crippen LogP contribution in [0.25, 0.3) is 10.8 Å². The molecule has 0 aliphatic carbocycles. The molecule has 9 heteroatoms. The number of amides is 2. The van der Waals surface area contributed by atoms with Gasteiger partial charge in [-0.3, -0.25) is 14.4 Å². The number of likely N-dealkylation sites (tertiary alicyclic amines) is 1. The van der Waals surface area contributed by atoms with Crippen LogP contribution < -0.4 is 4.90 Å². The lowest BCUT2D eigenvalue weighted by atomic mass is 9.71. The highest BCUT2D eigenvalue weighted by Gasteiger charge is 2.76. The first-order valence-electron chi connectivity index (χ1n) is 16.3. The fourth-order valence-corrected chi connectivity index (χ4v) is 11.3. The minimum atomic E-state index is -0.910. The van der Waals surface area contributed by atoms with Crippen molar-refractivity contribution in [2.75, 3.05) is 24.7 Å².